The van der Waals surface area contributed by atoms with Gasteiger partial charge in [-0.2, -0.15) is 0 Å². The number of benzene rings is 1. The number of quaternary nitrogens is 1. The highest BCUT2D eigenvalue weighted by Gasteiger charge is 2.17. The zero-order valence-corrected chi connectivity index (χ0v) is 13.7. The zero-order chi connectivity index (χ0) is 15.3. The van der Waals surface area contributed by atoms with E-state index in [2.05, 4.69) is 65.1 Å². The largest absolute Gasteiger partial charge is 0.490 e. The summed E-state index contributed by atoms with van der Waals surface area (Å²) in [6.07, 6.45) is -0.449. The van der Waals surface area contributed by atoms with Gasteiger partial charge in [-0.25, -0.2) is 0 Å². The van der Waals surface area contributed by atoms with E-state index in [9.17, 15) is 5.11 Å². The molecule has 0 aliphatic heterocycles. The van der Waals surface area contributed by atoms with Crippen molar-refractivity contribution < 1.29 is 15.2 Å². The Hall–Kier alpha value is -1.06. The molecule has 3 N–H and O–H groups in total. The maximum Gasteiger partial charge on any atom is 0.137 e. The van der Waals surface area contributed by atoms with Crippen LogP contribution in [0.3, 0.4) is 0 Å². The van der Waals surface area contributed by atoms with Gasteiger partial charge in [0.1, 0.15) is 25.0 Å². The third-order valence-electron chi connectivity index (χ3n) is 3.22. The molecule has 0 saturated heterocycles. The van der Waals surface area contributed by atoms with Crippen molar-refractivity contribution in [3.05, 3.63) is 29.3 Å². The molecule has 0 fully saturated rings. The molecule has 114 valence electrons. The van der Waals surface area contributed by atoms with E-state index in [1.807, 2.05) is 0 Å². The Kier molecular flexibility index (Phi) is 6.03. The molecular formula is C17H30NO2+. The average molecular weight is 280 g/mol. The molecule has 0 unspecified atom stereocenters. The Labute approximate surface area is 123 Å². The Morgan fingerprint density at radius 2 is 1.90 bits per heavy atom. The molecule has 1 aromatic carbocycles. The number of hydrogen-bond donors (Lipinski definition) is 2. The topological polar surface area (TPSA) is 46.1 Å². The lowest BCUT2D eigenvalue weighted by Gasteiger charge is -2.20. The van der Waals surface area contributed by atoms with Gasteiger partial charge < -0.3 is 15.2 Å². The van der Waals surface area contributed by atoms with Crippen LogP contribution < -0.4 is 10.1 Å². The second kappa shape index (κ2) is 7.09. The molecule has 1 rings (SSSR count). The number of hydrogen-bond acceptors (Lipinski definition) is 2. The van der Waals surface area contributed by atoms with Crippen molar-refractivity contribution in [2.45, 2.75) is 59.1 Å². The molecule has 3 heteroatoms. The van der Waals surface area contributed by atoms with E-state index < -0.39 is 6.10 Å². The summed E-state index contributed by atoms with van der Waals surface area (Å²) in [7, 11) is 0. The van der Waals surface area contributed by atoms with Crippen LogP contribution in [0, 0.1) is 6.92 Å². The van der Waals surface area contributed by atoms with Crippen molar-refractivity contribution in [2.75, 3.05) is 13.2 Å². The minimum atomic E-state index is -0.449. The lowest BCUT2D eigenvalue weighted by molar-refractivity contribution is -0.722. The Balaban J connectivity index is 2.58. The summed E-state index contributed by atoms with van der Waals surface area (Å²) in [5.74, 6) is 1.32. The van der Waals surface area contributed by atoms with Crippen LogP contribution in [0.2, 0.25) is 0 Å². The quantitative estimate of drug-likeness (QED) is 0.839. The lowest BCUT2D eigenvalue weighted by Crippen LogP contribution is -2.96. The van der Waals surface area contributed by atoms with Gasteiger partial charge in [0.25, 0.3) is 0 Å². The molecule has 20 heavy (non-hydrogen) atoms. The van der Waals surface area contributed by atoms with Crippen LogP contribution in [-0.2, 0) is 0 Å². The molecule has 0 aliphatic rings. The van der Waals surface area contributed by atoms with Gasteiger partial charge in [0.15, 0.2) is 0 Å². The van der Waals surface area contributed by atoms with Crippen molar-refractivity contribution in [3.8, 4) is 5.75 Å². The van der Waals surface area contributed by atoms with Gasteiger partial charge in [-0.05, 0) is 50.8 Å². The second-order valence-corrected chi connectivity index (χ2v) is 6.97. The first-order chi connectivity index (χ1) is 9.19. The summed E-state index contributed by atoms with van der Waals surface area (Å²) in [5, 5.41) is 12.2. The van der Waals surface area contributed by atoms with Crippen molar-refractivity contribution >= 4 is 0 Å². The third kappa shape index (κ3) is 5.93. The summed E-state index contributed by atoms with van der Waals surface area (Å²) in [4.78, 5) is 0. The van der Waals surface area contributed by atoms with Crippen molar-refractivity contribution in [1.29, 1.82) is 0 Å². The van der Waals surface area contributed by atoms with Crippen molar-refractivity contribution in [1.82, 2.24) is 0 Å². The Morgan fingerprint density at radius 1 is 1.25 bits per heavy atom. The van der Waals surface area contributed by atoms with Gasteiger partial charge in [0.05, 0.1) is 5.54 Å². The second-order valence-electron chi connectivity index (χ2n) is 6.97. The maximum absolute atomic E-state index is 10.0. The fraction of sp³-hybridized carbons (Fsp3) is 0.647. The van der Waals surface area contributed by atoms with E-state index in [1.54, 1.807) is 0 Å². The highest BCUT2D eigenvalue weighted by molar-refractivity contribution is 5.39. The zero-order valence-electron chi connectivity index (χ0n) is 13.7. The standard InChI is InChI=1S/C17H29NO2/c1-12(2)15-8-7-13(3)9-16(15)20-11-14(19)10-18-17(4,5)6/h7-9,12,14,18-19H,10-11H2,1-6H3/p+1/t14-/m0/s1. The van der Waals surface area contributed by atoms with Crippen LogP contribution in [0.15, 0.2) is 18.2 Å². The Bertz CT molecular complexity index is 421. The molecule has 1 atom stereocenters. The molecule has 0 heterocycles. The minimum absolute atomic E-state index is 0.132. The molecule has 0 radical (unpaired) electrons. The molecule has 3 nitrogen and oxygen atoms in total. The highest BCUT2D eigenvalue weighted by Crippen LogP contribution is 2.27. The fourth-order valence-corrected chi connectivity index (χ4v) is 1.99. The number of aliphatic hydroxyl groups excluding tert-OH is 1. The molecule has 1 aromatic rings. The van der Waals surface area contributed by atoms with Gasteiger partial charge in [-0.15, -0.1) is 0 Å². The number of aryl methyl sites for hydroxylation is 1. The molecule has 0 spiro atoms. The van der Waals surface area contributed by atoms with Crippen LogP contribution in [0.25, 0.3) is 0 Å². The predicted molar refractivity (Wildman–Crippen MR) is 83.3 cm³/mol. The maximum atomic E-state index is 10.0. The molecule has 0 aromatic heterocycles. The summed E-state index contributed by atoms with van der Waals surface area (Å²) in [5.41, 5.74) is 2.51. The summed E-state index contributed by atoms with van der Waals surface area (Å²) >= 11 is 0. The first-order valence-electron chi connectivity index (χ1n) is 7.45. The summed E-state index contributed by atoms with van der Waals surface area (Å²) in [6, 6.07) is 6.27. The monoisotopic (exact) mass is 280 g/mol. The first kappa shape index (κ1) is 17.0. The number of nitrogens with two attached hydrogens (primary N) is 1. The van der Waals surface area contributed by atoms with Gasteiger partial charge >= 0.3 is 0 Å². The number of aliphatic hydroxyl groups is 1. The fourth-order valence-electron chi connectivity index (χ4n) is 1.99. The van der Waals surface area contributed by atoms with Crippen molar-refractivity contribution in [3.63, 3.8) is 0 Å². The van der Waals surface area contributed by atoms with E-state index in [0.717, 1.165) is 5.75 Å². The average Bonchev–Trinajstić information content (AvgIpc) is 2.32. The first-order valence-corrected chi connectivity index (χ1v) is 7.45. The molecule has 0 amide bonds. The van der Waals surface area contributed by atoms with Crippen molar-refractivity contribution in [2.24, 2.45) is 0 Å². The van der Waals surface area contributed by atoms with Gasteiger partial charge in [0.2, 0.25) is 0 Å². The third-order valence-corrected chi connectivity index (χ3v) is 3.22. The van der Waals surface area contributed by atoms with E-state index in [0.29, 0.717) is 19.1 Å². The Morgan fingerprint density at radius 3 is 2.45 bits per heavy atom. The van der Waals surface area contributed by atoms with Gasteiger partial charge in [0, 0.05) is 0 Å². The molecule has 0 bridgehead atoms. The van der Waals surface area contributed by atoms with E-state index >= 15 is 0 Å². The molecule has 0 aliphatic carbocycles. The van der Waals surface area contributed by atoms with Crippen LogP contribution in [0.4, 0.5) is 0 Å². The highest BCUT2D eigenvalue weighted by atomic mass is 16.5. The number of ether oxygens (including phenoxy) is 1. The lowest BCUT2D eigenvalue weighted by atomic mass is 10.0. The van der Waals surface area contributed by atoms with Crippen LogP contribution in [0.1, 0.15) is 51.7 Å². The summed E-state index contributed by atoms with van der Waals surface area (Å²) < 4.78 is 5.84. The minimum Gasteiger partial charge on any atom is -0.490 e. The molecular weight excluding hydrogens is 250 g/mol. The summed E-state index contributed by atoms with van der Waals surface area (Å²) in [6.45, 7) is 13.8. The SMILES string of the molecule is Cc1ccc(C(C)C)c(OC[C@@H](O)C[NH2+]C(C)(C)C)c1. The van der Waals surface area contributed by atoms with E-state index in [4.69, 9.17) is 4.74 Å². The van der Waals surface area contributed by atoms with Gasteiger partial charge in [-0.1, -0.05) is 26.0 Å². The van der Waals surface area contributed by atoms with Crippen LogP contribution >= 0.6 is 0 Å². The molecule has 0 saturated carbocycles. The van der Waals surface area contributed by atoms with Crippen LogP contribution in [-0.4, -0.2) is 29.9 Å². The van der Waals surface area contributed by atoms with E-state index in [1.165, 1.54) is 11.1 Å². The normalized spacial score (nSPS) is 13.6. The van der Waals surface area contributed by atoms with Crippen LogP contribution in [0.5, 0.6) is 5.75 Å². The van der Waals surface area contributed by atoms with Gasteiger partial charge in [-0.3, -0.25) is 0 Å². The smallest absolute Gasteiger partial charge is 0.137 e. The number of rotatable bonds is 6. The predicted octanol–water partition coefficient (Wildman–Crippen LogP) is 2.22. The van der Waals surface area contributed by atoms with E-state index in [-0.39, 0.29) is 5.54 Å².